The molecule has 1 amide bonds. The lowest BCUT2D eigenvalue weighted by molar-refractivity contribution is -0.124. The van der Waals surface area contributed by atoms with Gasteiger partial charge in [0.2, 0.25) is 5.91 Å². The first kappa shape index (κ1) is 13.3. The van der Waals surface area contributed by atoms with Crippen LogP contribution in [0.4, 0.5) is 0 Å². The van der Waals surface area contributed by atoms with Crippen LogP contribution < -0.4 is 11.1 Å². The number of primary amides is 1. The Morgan fingerprint density at radius 2 is 2.05 bits per heavy atom. The van der Waals surface area contributed by atoms with Crippen molar-refractivity contribution in [1.29, 1.82) is 0 Å². The van der Waals surface area contributed by atoms with Crippen molar-refractivity contribution in [2.75, 3.05) is 7.05 Å². The van der Waals surface area contributed by atoms with Crippen LogP contribution in [-0.2, 0) is 11.3 Å². The normalized spacial score (nSPS) is 14.0. The Labute approximate surface area is 112 Å². The van der Waals surface area contributed by atoms with Crippen molar-refractivity contribution in [3.63, 3.8) is 0 Å². The molecular formula is C14H18N4O. The second-order valence-corrected chi connectivity index (χ2v) is 4.74. The molecule has 1 aromatic carbocycles. The lowest BCUT2D eigenvalue weighted by Crippen LogP contribution is -2.54. The third-order valence-corrected chi connectivity index (χ3v) is 3.31. The molecule has 2 aromatic rings. The van der Waals surface area contributed by atoms with Crippen molar-refractivity contribution < 1.29 is 4.79 Å². The van der Waals surface area contributed by atoms with E-state index in [0.717, 1.165) is 11.1 Å². The van der Waals surface area contributed by atoms with Crippen LogP contribution in [0, 0.1) is 0 Å². The van der Waals surface area contributed by atoms with Crippen molar-refractivity contribution in [2.24, 2.45) is 5.73 Å². The number of nitrogens with zero attached hydrogens (tertiary/aromatic N) is 2. The Hall–Kier alpha value is -2.14. The van der Waals surface area contributed by atoms with Gasteiger partial charge in [0.15, 0.2) is 0 Å². The van der Waals surface area contributed by atoms with Crippen LogP contribution in [0.15, 0.2) is 42.7 Å². The number of hydrogen-bond donors (Lipinski definition) is 2. The summed E-state index contributed by atoms with van der Waals surface area (Å²) in [5.41, 5.74) is 6.71. The summed E-state index contributed by atoms with van der Waals surface area (Å²) in [6, 6.07) is 9.97. The minimum atomic E-state index is -0.806. The summed E-state index contributed by atoms with van der Waals surface area (Å²) in [5.74, 6) is -0.397. The molecule has 0 radical (unpaired) electrons. The molecule has 0 saturated heterocycles. The van der Waals surface area contributed by atoms with Crippen molar-refractivity contribution in [1.82, 2.24) is 15.1 Å². The van der Waals surface area contributed by atoms with Crippen LogP contribution in [0.5, 0.6) is 0 Å². The van der Waals surface area contributed by atoms with E-state index in [0.29, 0.717) is 6.54 Å². The van der Waals surface area contributed by atoms with Gasteiger partial charge in [0.1, 0.15) is 5.54 Å². The minimum absolute atomic E-state index is 0.395. The SMILES string of the molecule is CNC(C)(Cn1cc(-c2ccccc2)cn1)C(N)=O. The second kappa shape index (κ2) is 5.24. The fraction of sp³-hybridized carbons (Fsp3) is 0.286. The van der Waals surface area contributed by atoms with Crippen molar-refractivity contribution in [3.8, 4) is 11.1 Å². The Morgan fingerprint density at radius 3 is 2.63 bits per heavy atom. The highest BCUT2D eigenvalue weighted by Gasteiger charge is 2.29. The predicted molar refractivity (Wildman–Crippen MR) is 74.3 cm³/mol. The van der Waals surface area contributed by atoms with E-state index in [4.69, 9.17) is 5.73 Å². The highest BCUT2D eigenvalue weighted by Crippen LogP contribution is 2.18. The quantitative estimate of drug-likeness (QED) is 0.840. The van der Waals surface area contributed by atoms with Crippen molar-refractivity contribution >= 4 is 5.91 Å². The molecule has 0 spiro atoms. The third-order valence-electron chi connectivity index (χ3n) is 3.31. The highest BCUT2D eigenvalue weighted by molar-refractivity contribution is 5.84. The van der Waals surface area contributed by atoms with Gasteiger partial charge in [-0.1, -0.05) is 30.3 Å². The summed E-state index contributed by atoms with van der Waals surface area (Å²) in [6.07, 6.45) is 3.69. The monoisotopic (exact) mass is 258 g/mol. The number of aromatic nitrogens is 2. The number of likely N-dealkylation sites (N-methyl/N-ethyl adjacent to an activating group) is 1. The fourth-order valence-electron chi connectivity index (χ4n) is 1.83. The highest BCUT2D eigenvalue weighted by atomic mass is 16.1. The number of benzene rings is 1. The largest absolute Gasteiger partial charge is 0.368 e. The lowest BCUT2D eigenvalue weighted by atomic mass is 10.0. The minimum Gasteiger partial charge on any atom is -0.368 e. The van der Waals surface area contributed by atoms with Gasteiger partial charge >= 0.3 is 0 Å². The maximum absolute atomic E-state index is 11.5. The van der Waals surface area contributed by atoms with E-state index in [1.54, 1.807) is 24.9 Å². The molecule has 0 fully saturated rings. The molecule has 1 unspecified atom stereocenters. The summed E-state index contributed by atoms with van der Waals surface area (Å²) in [6.45, 7) is 2.16. The maximum atomic E-state index is 11.5. The number of hydrogen-bond acceptors (Lipinski definition) is 3. The number of nitrogens with two attached hydrogens (primary N) is 1. The number of nitrogens with one attached hydrogen (secondary N) is 1. The van der Waals surface area contributed by atoms with Gasteiger partial charge in [-0.25, -0.2) is 0 Å². The van der Waals surface area contributed by atoms with E-state index < -0.39 is 11.4 Å². The first-order valence-electron chi connectivity index (χ1n) is 6.12. The number of carbonyl (C=O) groups excluding carboxylic acids is 1. The van der Waals surface area contributed by atoms with Gasteiger partial charge in [-0.3, -0.25) is 9.48 Å². The van der Waals surface area contributed by atoms with Crippen LogP contribution in [-0.4, -0.2) is 28.3 Å². The Bertz CT molecular complexity index is 564. The van der Waals surface area contributed by atoms with Crippen LogP contribution in [0.3, 0.4) is 0 Å². The van der Waals surface area contributed by atoms with Gasteiger partial charge in [-0.15, -0.1) is 0 Å². The van der Waals surface area contributed by atoms with Gasteiger partial charge in [-0.05, 0) is 19.5 Å². The molecule has 1 heterocycles. The van der Waals surface area contributed by atoms with Gasteiger partial charge < -0.3 is 11.1 Å². The average molecular weight is 258 g/mol. The topological polar surface area (TPSA) is 72.9 Å². The molecule has 0 aliphatic heterocycles. The predicted octanol–water partition coefficient (Wildman–Crippen LogP) is 1.01. The Balaban J connectivity index is 2.21. The van der Waals surface area contributed by atoms with Crippen LogP contribution in [0.25, 0.3) is 11.1 Å². The molecule has 3 N–H and O–H groups in total. The number of amides is 1. The molecule has 0 bridgehead atoms. The van der Waals surface area contributed by atoms with E-state index in [1.807, 2.05) is 36.5 Å². The van der Waals surface area contributed by atoms with E-state index in [-0.39, 0.29) is 0 Å². The first-order chi connectivity index (χ1) is 9.05. The maximum Gasteiger partial charge on any atom is 0.239 e. The summed E-state index contributed by atoms with van der Waals surface area (Å²) in [7, 11) is 1.71. The molecule has 5 nitrogen and oxygen atoms in total. The third kappa shape index (κ3) is 2.82. The number of carbonyl (C=O) groups is 1. The van der Waals surface area contributed by atoms with Crippen LogP contribution in [0.1, 0.15) is 6.92 Å². The van der Waals surface area contributed by atoms with Gasteiger partial charge in [-0.2, -0.15) is 5.10 Å². The molecule has 100 valence electrons. The Morgan fingerprint density at radius 1 is 1.37 bits per heavy atom. The summed E-state index contributed by atoms with van der Waals surface area (Å²) in [4.78, 5) is 11.5. The molecule has 19 heavy (non-hydrogen) atoms. The van der Waals surface area contributed by atoms with Gasteiger partial charge in [0.25, 0.3) is 0 Å². The smallest absolute Gasteiger partial charge is 0.239 e. The molecule has 2 rings (SSSR count). The van der Waals surface area contributed by atoms with Crippen molar-refractivity contribution in [2.45, 2.75) is 19.0 Å². The summed E-state index contributed by atoms with van der Waals surface area (Å²) >= 11 is 0. The summed E-state index contributed by atoms with van der Waals surface area (Å²) in [5, 5.41) is 7.22. The zero-order valence-electron chi connectivity index (χ0n) is 11.1. The lowest BCUT2D eigenvalue weighted by Gasteiger charge is -2.25. The fourth-order valence-corrected chi connectivity index (χ4v) is 1.83. The second-order valence-electron chi connectivity index (χ2n) is 4.74. The van der Waals surface area contributed by atoms with Crippen molar-refractivity contribution in [3.05, 3.63) is 42.7 Å². The van der Waals surface area contributed by atoms with Crippen LogP contribution in [0.2, 0.25) is 0 Å². The van der Waals surface area contributed by atoms with Crippen LogP contribution >= 0.6 is 0 Å². The standard InChI is InChI=1S/C14H18N4O/c1-14(16-2,13(15)19)10-18-9-12(8-17-18)11-6-4-3-5-7-11/h3-9,16H,10H2,1-2H3,(H2,15,19). The molecular weight excluding hydrogens is 240 g/mol. The van der Waals surface area contributed by atoms with E-state index in [2.05, 4.69) is 10.4 Å². The Kier molecular flexibility index (Phi) is 3.66. The van der Waals surface area contributed by atoms with E-state index in [9.17, 15) is 4.79 Å². The first-order valence-corrected chi connectivity index (χ1v) is 6.12. The zero-order chi connectivity index (χ0) is 13.9. The summed E-state index contributed by atoms with van der Waals surface area (Å²) < 4.78 is 1.73. The van der Waals surface area contributed by atoms with E-state index >= 15 is 0 Å². The molecule has 0 aliphatic carbocycles. The molecule has 5 heteroatoms. The molecule has 0 saturated carbocycles. The average Bonchev–Trinajstić information content (AvgIpc) is 2.87. The zero-order valence-corrected chi connectivity index (χ0v) is 11.1. The van der Waals surface area contributed by atoms with E-state index in [1.165, 1.54) is 0 Å². The van der Waals surface area contributed by atoms with Gasteiger partial charge in [0.05, 0.1) is 12.7 Å². The number of rotatable bonds is 5. The molecule has 1 aromatic heterocycles. The molecule has 0 aliphatic rings. The van der Waals surface area contributed by atoms with Gasteiger partial charge in [0, 0.05) is 11.8 Å². The molecule has 1 atom stereocenters.